The Morgan fingerprint density at radius 1 is 1.35 bits per heavy atom. The maximum absolute atomic E-state index is 3.65. The summed E-state index contributed by atoms with van der Waals surface area (Å²) in [5.74, 6) is 1.31. The molecule has 2 heterocycles. The van der Waals surface area contributed by atoms with E-state index in [1.54, 1.807) is 0 Å². The third-order valence-corrected chi connectivity index (χ3v) is 5.24. The van der Waals surface area contributed by atoms with E-state index in [9.17, 15) is 0 Å². The van der Waals surface area contributed by atoms with Gasteiger partial charge in [0, 0.05) is 29.6 Å². The molecule has 0 radical (unpaired) electrons. The number of hydrogen-bond acceptors (Lipinski definition) is 3. The number of nitrogens with one attached hydrogen (secondary N) is 1. The monoisotopic (exact) mass is 256 g/mol. The van der Waals surface area contributed by atoms with Crippen LogP contribution in [0.15, 0.2) is 0 Å². The van der Waals surface area contributed by atoms with Gasteiger partial charge in [-0.3, -0.25) is 0 Å². The minimum absolute atomic E-state index is 0.474. The van der Waals surface area contributed by atoms with Gasteiger partial charge in [0.05, 0.1) is 0 Å². The van der Waals surface area contributed by atoms with E-state index in [2.05, 4.69) is 35.8 Å². The molecule has 0 aromatic heterocycles. The van der Waals surface area contributed by atoms with Crippen LogP contribution in [0.1, 0.15) is 46.0 Å². The van der Waals surface area contributed by atoms with Crippen molar-refractivity contribution in [2.75, 3.05) is 31.9 Å². The molecule has 17 heavy (non-hydrogen) atoms. The Morgan fingerprint density at radius 3 is 2.94 bits per heavy atom. The molecule has 2 rings (SSSR count). The van der Waals surface area contributed by atoms with E-state index in [4.69, 9.17) is 0 Å². The second kappa shape index (κ2) is 6.44. The summed E-state index contributed by atoms with van der Waals surface area (Å²) in [5, 5.41) is 3.65. The summed E-state index contributed by atoms with van der Waals surface area (Å²) in [5.41, 5.74) is 0. The first-order valence-electron chi connectivity index (χ1n) is 7.25. The fourth-order valence-electron chi connectivity index (χ4n) is 3.04. The topological polar surface area (TPSA) is 15.3 Å². The molecule has 1 atom stereocenters. The lowest BCUT2D eigenvalue weighted by Gasteiger charge is -2.37. The van der Waals surface area contributed by atoms with E-state index in [0.29, 0.717) is 4.75 Å². The molecule has 0 aliphatic carbocycles. The lowest BCUT2D eigenvalue weighted by molar-refractivity contribution is 0.247. The minimum atomic E-state index is 0.474. The standard InChI is InChI=1S/C14H28N2S/c1-14(2)12-16(10-11-17-14)9-5-7-13-6-3-4-8-15-13/h13,15H,3-12H2,1-2H3. The number of rotatable bonds is 4. The van der Waals surface area contributed by atoms with Crippen LogP contribution in [-0.4, -0.2) is 47.6 Å². The average molecular weight is 256 g/mol. The molecule has 2 saturated heterocycles. The van der Waals surface area contributed by atoms with Gasteiger partial charge in [-0.25, -0.2) is 0 Å². The molecule has 0 aromatic carbocycles. The molecule has 0 spiro atoms. The van der Waals surface area contributed by atoms with Gasteiger partial charge in [-0.15, -0.1) is 0 Å². The molecule has 2 fully saturated rings. The van der Waals surface area contributed by atoms with Crippen LogP contribution in [0, 0.1) is 0 Å². The van der Waals surface area contributed by atoms with Gasteiger partial charge in [0.15, 0.2) is 0 Å². The van der Waals surface area contributed by atoms with Crippen molar-refractivity contribution in [3.05, 3.63) is 0 Å². The van der Waals surface area contributed by atoms with Gasteiger partial charge in [-0.05, 0) is 52.6 Å². The third kappa shape index (κ3) is 4.80. The van der Waals surface area contributed by atoms with Crippen molar-refractivity contribution in [3.8, 4) is 0 Å². The molecule has 1 unspecified atom stereocenters. The van der Waals surface area contributed by atoms with E-state index in [0.717, 1.165) is 6.04 Å². The molecule has 100 valence electrons. The highest BCUT2D eigenvalue weighted by Crippen LogP contribution is 2.29. The molecule has 2 aliphatic rings. The highest BCUT2D eigenvalue weighted by molar-refractivity contribution is 8.00. The summed E-state index contributed by atoms with van der Waals surface area (Å²) < 4.78 is 0.474. The van der Waals surface area contributed by atoms with Crippen molar-refractivity contribution in [2.24, 2.45) is 0 Å². The van der Waals surface area contributed by atoms with Crippen LogP contribution in [0.25, 0.3) is 0 Å². The number of nitrogens with zero attached hydrogens (tertiary/aromatic N) is 1. The Kier molecular flexibility index (Phi) is 5.19. The lowest BCUT2D eigenvalue weighted by Crippen LogP contribution is -2.43. The van der Waals surface area contributed by atoms with Crippen molar-refractivity contribution in [2.45, 2.75) is 56.7 Å². The second-order valence-electron chi connectivity index (χ2n) is 6.17. The van der Waals surface area contributed by atoms with E-state index < -0.39 is 0 Å². The molecule has 0 amide bonds. The summed E-state index contributed by atoms with van der Waals surface area (Å²) in [4.78, 5) is 2.67. The number of hydrogen-bond donors (Lipinski definition) is 1. The molecule has 1 N–H and O–H groups in total. The fraction of sp³-hybridized carbons (Fsp3) is 1.00. The molecule has 2 nitrogen and oxygen atoms in total. The van der Waals surface area contributed by atoms with Crippen LogP contribution in [0.4, 0.5) is 0 Å². The maximum atomic E-state index is 3.65. The Balaban J connectivity index is 1.61. The van der Waals surface area contributed by atoms with E-state index in [-0.39, 0.29) is 0 Å². The Bertz CT molecular complexity index is 224. The smallest absolute Gasteiger partial charge is 0.0231 e. The van der Waals surface area contributed by atoms with Gasteiger partial charge in [0.25, 0.3) is 0 Å². The fourth-order valence-corrected chi connectivity index (χ4v) is 4.21. The van der Waals surface area contributed by atoms with Crippen molar-refractivity contribution < 1.29 is 0 Å². The van der Waals surface area contributed by atoms with E-state index in [1.807, 2.05) is 0 Å². The van der Waals surface area contributed by atoms with Crippen molar-refractivity contribution in [1.29, 1.82) is 0 Å². The van der Waals surface area contributed by atoms with Crippen LogP contribution in [0.3, 0.4) is 0 Å². The molecule has 2 aliphatic heterocycles. The first-order valence-corrected chi connectivity index (χ1v) is 8.24. The molecular weight excluding hydrogens is 228 g/mol. The predicted octanol–water partition coefficient (Wildman–Crippen LogP) is 2.74. The third-order valence-electron chi connectivity index (χ3n) is 3.94. The minimum Gasteiger partial charge on any atom is -0.314 e. The van der Waals surface area contributed by atoms with E-state index >= 15 is 0 Å². The van der Waals surface area contributed by atoms with Gasteiger partial charge < -0.3 is 10.2 Å². The SMILES string of the molecule is CC1(C)CN(CCCC2CCCCN2)CCS1. The first-order chi connectivity index (χ1) is 8.16. The summed E-state index contributed by atoms with van der Waals surface area (Å²) in [6.45, 7) is 9.89. The highest BCUT2D eigenvalue weighted by Gasteiger charge is 2.26. The lowest BCUT2D eigenvalue weighted by atomic mass is 10.0. The van der Waals surface area contributed by atoms with Crippen LogP contribution < -0.4 is 5.32 Å². The van der Waals surface area contributed by atoms with Gasteiger partial charge in [-0.1, -0.05) is 6.42 Å². The first kappa shape index (κ1) is 13.7. The predicted molar refractivity (Wildman–Crippen MR) is 77.9 cm³/mol. The molecule has 0 bridgehead atoms. The molecule has 0 saturated carbocycles. The van der Waals surface area contributed by atoms with Crippen molar-refractivity contribution in [1.82, 2.24) is 10.2 Å². The van der Waals surface area contributed by atoms with Gasteiger partial charge in [-0.2, -0.15) is 11.8 Å². The van der Waals surface area contributed by atoms with Gasteiger partial charge in [0.1, 0.15) is 0 Å². The Hall–Kier alpha value is 0.270. The quantitative estimate of drug-likeness (QED) is 0.832. The summed E-state index contributed by atoms with van der Waals surface area (Å²) >= 11 is 2.13. The number of thioether (sulfide) groups is 1. The molecule has 0 aromatic rings. The zero-order valence-corrected chi connectivity index (χ0v) is 12.3. The largest absolute Gasteiger partial charge is 0.314 e. The highest BCUT2D eigenvalue weighted by atomic mass is 32.2. The zero-order chi connectivity index (χ0) is 12.1. The van der Waals surface area contributed by atoms with Crippen molar-refractivity contribution in [3.63, 3.8) is 0 Å². The van der Waals surface area contributed by atoms with Crippen LogP contribution >= 0.6 is 11.8 Å². The Morgan fingerprint density at radius 2 is 2.24 bits per heavy atom. The zero-order valence-electron chi connectivity index (χ0n) is 11.5. The molecular formula is C14H28N2S. The second-order valence-corrected chi connectivity index (χ2v) is 7.98. The van der Waals surface area contributed by atoms with Gasteiger partial charge >= 0.3 is 0 Å². The molecule has 3 heteroatoms. The summed E-state index contributed by atoms with van der Waals surface area (Å²) in [7, 11) is 0. The van der Waals surface area contributed by atoms with Crippen molar-refractivity contribution >= 4 is 11.8 Å². The summed E-state index contributed by atoms with van der Waals surface area (Å²) in [6.07, 6.45) is 6.98. The maximum Gasteiger partial charge on any atom is 0.0231 e. The normalized spacial score (nSPS) is 30.4. The van der Waals surface area contributed by atoms with Gasteiger partial charge in [0.2, 0.25) is 0 Å². The van der Waals surface area contributed by atoms with Crippen LogP contribution in [0.2, 0.25) is 0 Å². The van der Waals surface area contributed by atoms with Crippen LogP contribution in [-0.2, 0) is 0 Å². The van der Waals surface area contributed by atoms with Crippen LogP contribution in [0.5, 0.6) is 0 Å². The number of piperidine rings is 1. The summed E-state index contributed by atoms with van der Waals surface area (Å²) in [6, 6.07) is 0.816. The Labute approximate surface area is 111 Å². The average Bonchev–Trinajstić information content (AvgIpc) is 2.29. The van der Waals surface area contributed by atoms with E-state index in [1.165, 1.54) is 64.0 Å².